The summed E-state index contributed by atoms with van der Waals surface area (Å²) in [6.45, 7) is 3.90. The Balaban J connectivity index is 2.25. The average Bonchev–Trinajstić information content (AvgIpc) is 2.37. The van der Waals surface area contributed by atoms with Crippen LogP contribution in [0.3, 0.4) is 0 Å². The van der Waals surface area contributed by atoms with Gasteiger partial charge in [-0.1, -0.05) is 18.2 Å². The molecule has 0 aliphatic carbocycles. The number of para-hydroxylation sites is 1. The van der Waals surface area contributed by atoms with Crippen LogP contribution >= 0.6 is 0 Å². The lowest BCUT2D eigenvalue weighted by Crippen LogP contribution is -1.98. The molecule has 1 heterocycles. The van der Waals surface area contributed by atoms with E-state index in [1.54, 1.807) is 6.20 Å². The Morgan fingerprint density at radius 3 is 2.67 bits per heavy atom. The molecule has 1 aromatic carbocycles. The Morgan fingerprint density at radius 2 is 1.94 bits per heavy atom. The zero-order chi connectivity index (χ0) is 13.0. The van der Waals surface area contributed by atoms with Crippen LogP contribution in [0.2, 0.25) is 0 Å². The van der Waals surface area contributed by atoms with E-state index < -0.39 is 0 Å². The molecule has 18 heavy (non-hydrogen) atoms. The summed E-state index contributed by atoms with van der Waals surface area (Å²) in [6, 6.07) is 7.61. The van der Waals surface area contributed by atoms with Gasteiger partial charge in [-0.2, -0.15) is 0 Å². The minimum atomic E-state index is 0.0962. The maximum Gasteiger partial charge on any atom is 0.238 e. The van der Waals surface area contributed by atoms with Gasteiger partial charge < -0.3 is 9.84 Å². The highest BCUT2D eigenvalue weighted by molar-refractivity contribution is 5.36. The van der Waals surface area contributed by atoms with Crippen LogP contribution in [-0.4, -0.2) is 21.7 Å². The van der Waals surface area contributed by atoms with Crippen molar-refractivity contribution in [3.63, 3.8) is 0 Å². The summed E-state index contributed by atoms with van der Waals surface area (Å²) in [5, 5.41) is 9.01. The third kappa shape index (κ3) is 2.84. The lowest BCUT2D eigenvalue weighted by Gasteiger charge is -2.10. The number of aliphatic hydroxyl groups is 1. The topological polar surface area (TPSA) is 55.2 Å². The van der Waals surface area contributed by atoms with Crippen molar-refractivity contribution in [1.82, 2.24) is 9.97 Å². The van der Waals surface area contributed by atoms with E-state index in [2.05, 4.69) is 9.97 Å². The van der Waals surface area contributed by atoms with Gasteiger partial charge in [0.1, 0.15) is 5.75 Å². The average molecular weight is 244 g/mol. The summed E-state index contributed by atoms with van der Waals surface area (Å²) in [5.41, 5.74) is 2.71. The van der Waals surface area contributed by atoms with Gasteiger partial charge in [-0.15, -0.1) is 0 Å². The van der Waals surface area contributed by atoms with Crippen LogP contribution in [0.15, 0.2) is 30.5 Å². The molecule has 0 bridgehead atoms. The Hall–Kier alpha value is -1.94. The number of benzene rings is 1. The fraction of sp³-hybridized carbons (Fsp3) is 0.286. The first-order valence-electron chi connectivity index (χ1n) is 5.87. The number of aromatic nitrogens is 2. The Bertz CT molecular complexity index is 541. The van der Waals surface area contributed by atoms with Crippen molar-refractivity contribution < 1.29 is 9.84 Å². The number of hydrogen-bond donors (Lipinski definition) is 1. The second kappa shape index (κ2) is 5.60. The van der Waals surface area contributed by atoms with Gasteiger partial charge in [-0.05, 0) is 31.9 Å². The summed E-state index contributed by atoms with van der Waals surface area (Å²) in [5.74, 6) is 1.19. The van der Waals surface area contributed by atoms with E-state index in [1.165, 1.54) is 0 Å². The molecule has 4 heteroatoms. The molecule has 0 unspecified atom stereocenters. The summed E-state index contributed by atoms with van der Waals surface area (Å²) < 4.78 is 5.71. The second-order valence-electron chi connectivity index (χ2n) is 4.06. The molecular formula is C14H16N2O2. The number of hydrogen-bond acceptors (Lipinski definition) is 4. The van der Waals surface area contributed by atoms with Crippen LogP contribution in [0.5, 0.6) is 11.6 Å². The second-order valence-corrected chi connectivity index (χ2v) is 4.06. The Morgan fingerprint density at radius 1 is 1.17 bits per heavy atom. The molecule has 0 atom stereocenters. The van der Waals surface area contributed by atoms with Gasteiger partial charge in [-0.25, -0.2) is 4.98 Å². The molecule has 1 aromatic heterocycles. The van der Waals surface area contributed by atoms with Gasteiger partial charge in [0.15, 0.2) is 0 Å². The van der Waals surface area contributed by atoms with Gasteiger partial charge in [0.05, 0.1) is 17.6 Å². The van der Waals surface area contributed by atoms with Gasteiger partial charge in [0.2, 0.25) is 5.88 Å². The van der Waals surface area contributed by atoms with Gasteiger partial charge in [0, 0.05) is 6.61 Å². The Kier molecular flexibility index (Phi) is 3.89. The lowest BCUT2D eigenvalue weighted by molar-refractivity contribution is 0.297. The molecule has 1 N–H and O–H groups in total. The molecule has 94 valence electrons. The predicted octanol–water partition coefficient (Wildman–Crippen LogP) is 2.42. The SMILES string of the molecule is Cc1ncc(Oc2ccccc2CCO)nc1C. The molecule has 0 saturated heterocycles. The number of rotatable bonds is 4. The molecule has 0 radical (unpaired) electrons. The summed E-state index contributed by atoms with van der Waals surface area (Å²) in [6.07, 6.45) is 2.17. The van der Waals surface area contributed by atoms with Crippen molar-refractivity contribution in [1.29, 1.82) is 0 Å². The van der Waals surface area contributed by atoms with Gasteiger partial charge >= 0.3 is 0 Å². The van der Waals surface area contributed by atoms with E-state index in [0.29, 0.717) is 18.1 Å². The van der Waals surface area contributed by atoms with Crippen LogP contribution in [0, 0.1) is 13.8 Å². The summed E-state index contributed by atoms with van der Waals surface area (Å²) >= 11 is 0. The molecule has 0 fully saturated rings. The first kappa shape index (κ1) is 12.5. The smallest absolute Gasteiger partial charge is 0.238 e. The van der Waals surface area contributed by atoms with E-state index in [1.807, 2.05) is 38.1 Å². The summed E-state index contributed by atoms with van der Waals surface area (Å²) in [4.78, 5) is 8.54. The van der Waals surface area contributed by atoms with Crippen molar-refractivity contribution >= 4 is 0 Å². The first-order chi connectivity index (χ1) is 8.70. The van der Waals surface area contributed by atoms with E-state index in [-0.39, 0.29) is 6.61 Å². The maximum atomic E-state index is 9.01. The fourth-order valence-corrected chi connectivity index (χ4v) is 1.61. The quantitative estimate of drug-likeness (QED) is 0.897. The number of nitrogens with zero attached hydrogens (tertiary/aromatic N) is 2. The monoisotopic (exact) mass is 244 g/mol. The molecule has 2 aromatic rings. The molecule has 0 amide bonds. The first-order valence-corrected chi connectivity index (χ1v) is 5.87. The highest BCUT2D eigenvalue weighted by Crippen LogP contribution is 2.24. The third-order valence-electron chi connectivity index (χ3n) is 2.74. The van der Waals surface area contributed by atoms with Crippen LogP contribution in [-0.2, 0) is 6.42 Å². The zero-order valence-electron chi connectivity index (χ0n) is 10.6. The predicted molar refractivity (Wildman–Crippen MR) is 68.8 cm³/mol. The third-order valence-corrected chi connectivity index (χ3v) is 2.74. The van der Waals surface area contributed by atoms with Gasteiger partial charge in [0.25, 0.3) is 0 Å². The van der Waals surface area contributed by atoms with Crippen molar-refractivity contribution in [2.45, 2.75) is 20.3 Å². The standard InChI is InChI=1S/C14H16N2O2/c1-10-11(2)16-14(9-15-10)18-13-6-4-3-5-12(13)7-8-17/h3-6,9,17H,7-8H2,1-2H3. The zero-order valence-corrected chi connectivity index (χ0v) is 10.6. The van der Waals surface area contributed by atoms with E-state index >= 15 is 0 Å². The van der Waals surface area contributed by atoms with Crippen LogP contribution in [0.4, 0.5) is 0 Å². The van der Waals surface area contributed by atoms with Crippen molar-refractivity contribution in [3.05, 3.63) is 47.4 Å². The molecule has 0 aliphatic heterocycles. The molecule has 4 nitrogen and oxygen atoms in total. The number of aryl methyl sites for hydroxylation is 2. The van der Waals surface area contributed by atoms with Crippen LogP contribution < -0.4 is 4.74 Å². The molecular weight excluding hydrogens is 228 g/mol. The van der Waals surface area contributed by atoms with Crippen LogP contribution in [0.25, 0.3) is 0 Å². The van der Waals surface area contributed by atoms with Crippen molar-refractivity contribution in [3.8, 4) is 11.6 Å². The minimum Gasteiger partial charge on any atom is -0.437 e. The molecule has 0 aliphatic rings. The minimum absolute atomic E-state index is 0.0962. The maximum absolute atomic E-state index is 9.01. The van der Waals surface area contributed by atoms with Crippen molar-refractivity contribution in [2.24, 2.45) is 0 Å². The Labute approximate surface area is 106 Å². The van der Waals surface area contributed by atoms with Crippen LogP contribution in [0.1, 0.15) is 17.0 Å². The normalized spacial score (nSPS) is 10.4. The lowest BCUT2D eigenvalue weighted by atomic mass is 10.1. The fourth-order valence-electron chi connectivity index (χ4n) is 1.61. The molecule has 0 spiro atoms. The van der Waals surface area contributed by atoms with E-state index in [9.17, 15) is 0 Å². The van der Waals surface area contributed by atoms with Crippen molar-refractivity contribution in [2.75, 3.05) is 6.61 Å². The number of aliphatic hydroxyl groups excluding tert-OH is 1. The largest absolute Gasteiger partial charge is 0.437 e. The van der Waals surface area contributed by atoms with E-state index in [4.69, 9.17) is 9.84 Å². The molecule has 0 saturated carbocycles. The molecule has 2 rings (SSSR count). The summed E-state index contributed by atoms with van der Waals surface area (Å²) in [7, 11) is 0. The highest BCUT2D eigenvalue weighted by atomic mass is 16.5. The highest BCUT2D eigenvalue weighted by Gasteiger charge is 2.06. The number of ether oxygens (including phenoxy) is 1. The van der Waals surface area contributed by atoms with E-state index in [0.717, 1.165) is 17.0 Å². The van der Waals surface area contributed by atoms with Gasteiger partial charge in [-0.3, -0.25) is 4.98 Å².